The lowest BCUT2D eigenvalue weighted by Crippen LogP contribution is -2.50. The summed E-state index contributed by atoms with van der Waals surface area (Å²) in [6.07, 6.45) is 2.12. The van der Waals surface area contributed by atoms with Crippen molar-refractivity contribution in [3.8, 4) is 11.5 Å². The molecule has 1 fully saturated rings. The molecule has 0 spiro atoms. The maximum Gasteiger partial charge on any atom is 0.336 e. The third kappa shape index (κ3) is 5.37. The molecule has 0 aromatic heterocycles. The van der Waals surface area contributed by atoms with E-state index in [1.54, 1.807) is 7.11 Å². The molecular formula is C31H32N2O5. The largest absolute Gasteiger partial charge is 0.497 e. The standard InChI is InChI=1S/C31H32N2O5/c1-36-25-12-6-10-22(16-25)19-32-31(35)33-24-14-15-28(33)29(30(34)37-2)27(18-24)23-11-7-13-26(17-23)38-20-21-8-4-3-5-9-21/h3-13,16-17,24,28H,14-15,18-20H2,1-2H3,(H,32,35). The Bertz CT molecular complexity index is 1340. The summed E-state index contributed by atoms with van der Waals surface area (Å²) in [6, 6.07) is 24.9. The lowest BCUT2D eigenvalue weighted by Gasteiger charge is -2.37. The number of ether oxygens (including phenoxy) is 3. The van der Waals surface area contributed by atoms with Crippen LogP contribution in [0.25, 0.3) is 5.57 Å². The fourth-order valence-electron chi connectivity index (χ4n) is 5.43. The average molecular weight is 513 g/mol. The highest BCUT2D eigenvalue weighted by molar-refractivity contribution is 6.01. The van der Waals surface area contributed by atoms with E-state index < -0.39 is 5.97 Å². The molecular weight excluding hydrogens is 480 g/mol. The Hall–Kier alpha value is -4.26. The monoisotopic (exact) mass is 512 g/mol. The van der Waals surface area contributed by atoms with Gasteiger partial charge in [-0.15, -0.1) is 0 Å². The summed E-state index contributed by atoms with van der Waals surface area (Å²) in [4.78, 5) is 28.2. The van der Waals surface area contributed by atoms with E-state index in [1.807, 2.05) is 83.8 Å². The maximum absolute atomic E-state index is 13.3. The molecule has 0 radical (unpaired) electrons. The summed E-state index contributed by atoms with van der Waals surface area (Å²) >= 11 is 0. The van der Waals surface area contributed by atoms with Crippen LogP contribution >= 0.6 is 0 Å². The minimum atomic E-state index is -0.397. The third-order valence-corrected chi connectivity index (χ3v) is 7.25. The number of methoxy groups -OCH3 is 2. The number of nitrogens with zero attached hydrogens (tertiary/aromatic N) is 1. The van der Waals surface area contributed by atoms with Gasteiger partial charge >= 0.3 is 12.0 Å². The lowest BCUT2D eigenvalue weighted by atomic mass is 9.88. The molecule has 2 aliphatic heterocycles. The summed E-state index contributed by atoms with van der Waals surface area (Å²) in [5.41, 5.74) is 4.42. The van der Waals surface area contributed by atoms with Crippen molar-refractivity contribution in [2.45, 2.75) is 44.5 Å². The van der Waals surface area contributed by atoms with Gasteiger partial charge in [0.05, 0.1) is 25.8 Å². The van der Waals surface area contributed by atoms with Crippen LogP contribution in [0.3, 0.4) is 0 Å². The number of benzene rings is 3. The Morgan fingerprint density at radius 2 is 1.66 bits per heavy atom. The van der Waals surface area contributed by atoms with Gasteiger partial charge in [-0.1, -0.05) is 54.6 Å². The van der Waals surface area contributed by atoms with Crippen LogP contribution in [0, 0.1) is 0 Å². The predicted octanol–water partition coefficient (Wildman–Crippen LogP) is 5.35. The molecule has 7 heteroatoms. The zero-order valence-electron chi connectivity index (χ0n) is 21.7. The van der Waals surface area contributed by atoms with Gasteiger partial charge in [0.1, 0.15) is 18.1 Å². The van der Waals surface area contributed by atoms with Crippen molar-refractivity contribution in [3.05, 3.63) is 101 Å². The average Bonchev–Trinajstić information content (AvgIpc) is 3.28. The molecule has 2 heterocycles. The van der Waals surface area contributed by atoms with Crippen molar-refractivity contribution in [2.75, 3.05) is 14.2 Å². The van der Waals surface area contributed by atoms with Crippen LogP contribution in [0.5, 0.6) is 11.5 Å². The number of hydrogen-bond acceptors (Lipinski definition) is 5. The molecule has 2 aliphatic rings. The Labute approximate surface area is 223 Å². The number of rotatable bonds is 8. The normalized spacial score (nSPS) is 18.2. The van der Waals surface area contributed by atoms with Gasteiger partial charge in [-0.05, 0) is 65.8 Å². The summed E-state index contributed by atoms with van der Waals surface area (Å²) < 4.78 is 16.5. The number of carbonyl (C=O) groups excluding carboxylic acids is 2. The quantitative estimate of drug-likeness (QED) is 0.412. The summed E-state index contributed by atoms with van der Waals surface area (Å²) in [6.45, 7) is 0.830. The zero-order valence-corrected chi connectivity index (χ0v) is 21.7. The molecule has 0 saturated carbocycles. The first-order chi connectivity index (χ1) is 18.6. The minimum absolute atomic E-state index is 0.00242. The van der Waals surface area contributed by atoms with Gasteiger partial charge in [-0.25, -0.2) is 9.59 Å². The van der Waals surface area contributed by atoms with Crippen LogP contribution in [0.2, 0.25) is 0 Å². The molecule has 0 aliphatic carbocycles. The van der Waals surface area contributed by atoms with Crippen LogP contribution in [0.4, 0.5) is 4.79 Å². The van der Waals surface area contributed by atoms with E-state index >= 15 is 0 Å². The van der Waals surface area contributed by atoms with Crippen molar-refractivity contribution in [1.82, 2.24) is 10.2 Å². The fourth-order valence-corrected chi connectivity index (χ4v) is 5.43. The summed E-state index contributed by atoms with van der Waals surface area (Å²) in [7, 11) is 3.01. The predicted molar refractivity (Wildman–Crippen MR) is 145 cm³/mol. The molecule has 196 valence electrons. The van der Waals surface area contributed by atoms with Gasteiger partial charge < -0.3 is 24.4 Å². The second-order valence-corrected chi connectivity index (χ2v) is 9.55. The molecule has 2 unspecified atom stereocenters. The fraction of sp³-hybridized carbons (Fsp3) is 0.290. The molecule has 1 N–H and O–H groups in total. The smallest absolute Gasteiger partial charge is 0.336 e. The number of hydrogen-bond donors (Lipinski definition) is 1. The number of carbonyl (C=O) groups is 2. The topological polar surface area (TPSA) is 77.1 Å². The van der Waals surface area contributed by atoms with Crippen molar-refractivity contribution in [1.29, 1.82) is 0 Å². The second-order valence-electron chi connectivity index (χ2n) is 9.55. The van der Waals surface area contributed by atoms with E-state index in [4.69, 9.17) is 14.2 Å². The molecule has 2 bridgehead atoms. The third-order valence-electron chi connectivity index (χ3n) is 7.25. The molecule has 2 atom stereocenters. The molecule has 5 rings (SSSR count). The highest BCUT2D eigenvalue weighted by Gasteiger charge is 2.46. The molecule has 7 nitrogen and oxygen atoms in total. The number of urea groups is 1. The molecule has 1 saturated heterocycles. The van der Waals surface area contributed by atoms with Crippen LogP contribution in [-0.4, -0.2) is 43.2 Å². The van der Waals surface area contributed by atoms with Gasteiger partial charge in [0.2, 0.25) is 0 Å². The lowest BCUT2D eigenvalue weighted by molar-refractivity contribution is -0.136. The first-order valence-electron chi connectivity index (χ1n) is 12.8. The number of nitrogens with one attached hydrogen (secondary N) is 1. The van der Waals surface area contributed by atoms with Gasteiger partial charge in [-0.2, -0.15) is 0 Å². The molecule has 38 heavy (non-hydrogen) atoms. The Morgan fingerprint density at radius 3 is 2.45 bits per heavy atom. The van der Waals surface area contributed by atoms with Crippen LogP contribution in [0.1, 0.15) is 36.0 Å². The van der Waals surface area contributed by atoms with Crippen LogP contribution in [-0.2, 0) is 22.7 Å². The summed E-state index contributed by atoms with van der Waals surface area (Å²) in [5.74, 6) is 1.07. The minimum Gasteiger partial charge on any atom is -0.497 e. The Kier molecular flexibility index (Phi) is 7.63. The number of fused-ring (bicyclic) bond motifs is 2. The first-order valence-corrected chi connectivity index (χ1v) is 12.8. The van der Waals surface area contributed by atoms with Crippen LogP contribution < -0.4 is 14.8 Å². The molecule has 2 amide bonds. The molecule has 3 aromatic carbocycles. The highest BCUT2D eigenvalue weighted by atomic mass is 16.5. The van der Waals surface area contributed by atoms with E-state index in [0.29, 0.717) is 25.1 Å². The summed E-state index contributed by atoms with van der Waals surface area (Å²) in [5, 5.41) is 3.03. The maximum atomic E-state index is 13.3. The number of esters is 1. The van der Waals surface area contributed by atoms with E-state index in [2.05, 4.69) is 5.32 Å². The Balaban J connectivity index is 1.37. The van der Waals surface area contributed by atoms with E-state index in [9.17, 15) is 9.59 Å². The van der Waals surface area contributed by atoms with E-state index in [0.717, 1.165) is 46.6 Å². The van der Waals surface area contributed by atoms with Crippen molar-refractivity contribution in [2.24, 2.45) is 0 Å². The van der Waals surface area contributed by atoms with Crippen molar-refractivity contribution < 1.29 is 23.8 Å². The second kappa shape index (κ2) is 11.4. The van der Waals surface area contributed by atoms with Crippen LogP contribution in [0.15, 0.2) is 84.4 Å². The van der Waals surface area contributed by atoms with Crippen molar-refractivity contribution in [3.63, 3.8) is 0 Å². The van der Waals surface area contributed by atoms with Gasteiger partial charge in [0.15, 0.2) is 0 Å². The number of amides is 2. The van der Waals surface area contributed by atoms with Gasteiger partial charge in [-0.3, -0.25) is 0 Å². The Morgan fingerprint density at radius 1 is 0.895 bits per heavy atom. The zero-order chi connectivity index (χ0) is 26.5. The van der Waals surface area contributed by atoms with Crippen molar-refractivity contribution >= 4 is 17.6 Å². The van der Waals surface area contributed by atoms with E-state index in [-0.39, 0.29) is 18.1 Å². The highest BCUT2D eigenvalue weighted by Crippen LogP contribution is 2.44. The first kappa shape index (κ1) is 25.4. The van der Waals surface area contributed by atoms with Gasteiger partial charge in [0, 0.05) is 12.6 Å². The van der Waals surface area contributed by atoms with Gasteiger partial charge in [0.25, 0.3) is 0 Å². The van der Waals surface area contributed by atoms with E-state index in [1.165, 1.54) is 7.11 Å². The SMILES string of the molecule is COC(=O)C1=C(c2cccc(OCc3ccccc3)c2)CC2CCC1N2C(=O)NCc1cccc(OC)c1. The molecule has 3 aromatic rings.